The molecular formula is C24H23FN4O. The van der Waals surface area contributed by atoms with Gasteiger partial charge in [-0.2, -0.15) is 5.10 Å². The fraction of sp³-hybridized carbons (Fsp3) is 0.208. The molecule has 1 saturated heterocycles. The third kappa shape index (κ3) is 3.92. The monoisotopic (exact) mass is 402 g/mol. The van der Waals surface area contributed by atoms with Crippen LogP contribution in [0, 0.1) is 5.82 Å². The van der Waals surface area contributed by atoms with E-state index in [2.05, 4.69) is 16.4 Å². The number of nitrogens with one attached hydrogen (secondary N) is 1. The minimum atomic E-state index is -0.232. The fourth-order valence-electron chi connectivity index (χ4n) is 3.86. The summed E-state index contributed by atoms with van der Waals surface area (Å²) in [5, 5.41) is 8.22. The predicted octanol–water partition coefficient (Wildman–Crippen LogP) is 4.34. The Balaban J connectivity index is 1.46. The summed E-state index contributed by atoms with van der Waals surface area (Å²) in [6.07, 6.45) is 3.76. The molecule has 2 aromatic carbocycles. The Hall–Kier alpha value is -3.22. The fourth-order valence-corrected chi connectivity index (χ4v) is 3.86. The highest BCUT2D eigenvalue weighted by Crippen LogP contribution is 2.27. The van der Waals surface area contributed by atoms with Gasteiger partial charge in [-0.15, -0.1) is 0 Å². The van der Waals surface area contributed by atoms with E-state index in [9.17, 15) is 4.39 Å². The van der Waals surface area contributed by atoms with E-state index in [0.717, 1.165) is 66.6 Å². The summed E-state index contributed by atoms with van der Waals surface area (Å²) in [7, 11) is 0. The molecule has 0 atom stereocenters. The maximum Gasteiger partial charge on any atom is 0.154 e. The van der Waals surface area contributed by atoms with Crippen molar-refractivity contribution >= 4 is 0 Å². The summed E-state index contributed by atoms with van der Waals surface area (Å²) in [5.74, 6) is 0.541. The van der Waals surface area contributed by atoms with Gasteiger partial charge in [0, 0.05) is 44.5 Å². The van der Waals surface area contributed by atoms with Gasteiger partial charge in [0.2, 0.25) is 0 Å². The van der Waals surface area contributed by atoms with Gasteiger partial charge in [-0.3, -0.25) is 4.90 Å². The molecule has 30 heavy (non-hydrogen) atoms. The van der Waals surface area contributed by atoms with Crippen molar-refractivity contribution in [2.75, 3.05) is 26.2 Å². The predicted molar refractivity (Wildman–Crippen MR) is 115 cm³/mol. The van der Waals surface area contributed by atoms with Gasteiger partial charge in [-0.1, -0.05) is 24.3 Å². The second-order valence-corrected chi connectivity index (χ2v) is 7.51. The maximum atomic E-state index is 13.5. The molecule has 6 heteroatoms. The highest BCUT2D eigenvalue weighted by molar-refractivity contribution is 5.65. The van der Waals surface area contributed by atoms with Crippen LogP contribution in [-0.2, 0) is 6.54 Å². The zero-order valence-electron chi connectivity index (χ0n) is 16.6. The summed E-state index contributed by atoms with van der Waals surface area (Å²) in [6.45, 7) is 4.88. The first-order valence-corrected chi connectivity index (χ1v) is 10.2. The maximum absolute atomic E-state index is 13.5. The number of halogens is 1. The zero-order valence-corrected chi connectivity index (χ0v) is 16.6. The SMILES string of the molecule is Fc1cccc(-c2ccc(-n3cc(CN4CCNCC4)c(-c4ccco4)n3)cc2)c1. The van der Waals surface area contributed by atoms with Crippen molar-refractivity contribution in [1.29, 1.82) is 0 Å². The van der Waals surface area contributed by atoms with Crippen molar-refractivity contribution in [2.24, 2.45) is 0 Å². The molecule has 5 nitrogen and oxygen atoms in total. The summed E-state index contributed by atoms with van der Waals surface area (Å²) in [5.41, 5.74) is 4.79. The van der Waals surface area contributed by atoms with Gasteiger partial charge < -0.3 is 9.73 Å². The molecule has 1 fully saturated rings. The number of benzene rings is 2. The van der Waals surface area contributed by atoms with Crippen LogP contribution in [0.2, 0.25) is 0 Å². The van der Waals surface area contributed by atoms with Gasteiger partial charge >= 0.3 is 0 Å². The number of aromatic nitrogens is 2. The third-order valence-corrected chi connectivity index (χ3v) is 5.44. The van der Waals surface area contributed by atoms with Gasteiger partial charge in [-0.05, 0) is 47.5 Å². The first-order chi connectivity index (χ1) is 14.8. The van der Waals surface area contributed by atoms with Crippen LogP contribution in [0.1, 0.15) is 5.56 Å². The number of rotatable bonds is 5. The van der Waals surface area contributed by atoms with E-state index in [4.69, 9.17) is 9.52 Å². The Morgan fingerprint density at radius 1 is 0.967 bits per heavy atom. The summed E-state index contributed by atoms with van der Waals surface area (Å²) in [6, 6.07) is 18.5. The van der Waals surface area contributed by atoms with Crippen molar-refractivity contribution in [3.8, 4) is 28.3 Å². The smallest absolute Gasteiger partial charge is 0.154 e. The molecule has 3 heterocycles. The lowest BCUT2D eigenvalue weighted by atomic mass is 10.1. The lowest BCUT2D eigenvalue weighted by Crippen LogP contribution is -2.42. The van der Waals surface area contributed by atoms with Crippen LogP contribution in [0.5, 0.6) is 0 Å². The molecule has 1 aliphatic rings. The van der Waals surface area contributed by atoms with E-state index in [0.29, 0.717) is 0 Å². The van der Waals surface area contributed by atoms with Crippen molar-refractivity contribution < 1.29 is 8.81 Å². The molecule has 152 valence electrons. The molecule has 1 aliphatic heterocycles. The van der Waals surface area contributed by atoms with E-state index in [1.54, 1.807) is 18.4 Å². The number of nitrogens with zero attached hydrogens (tertiary/aromatic N) is 3. The van der Waals surface area contributed by atoms with Gasteiger partial charge in [0.1, 0.15) is 11.5 Å². The average molecular weight is 402 g/mol. The Morgan fingerprint density at radius 2 is 1.80 bits per heavy atom. The van der Waals surface area contributed by atoms with Crippen LogP contribution in [0.15, 0.2) is 77.5 Å². The van der Waals surface area contributed by atoms with Crippen molar-refractivity contribution in [3.05, 3.63) is 84.5 Å². The molecule has 2 aromatic heterocycles. The lowest BCUT2D eigenvalue weighted by molar-refractivity contribution is 0.233. The minimum Gasteiger partial charge on any atom is -0.463 e. The van der Waals surface area contributed by atoms with Crippen molar-refractivity contribution in [3.63, 3.8) is 0 Å². The molecule has 5 rings (SSSR count). The van der Waals surface area contributed by atoms with Crippen LogP contribution in [-0.4, -0.2) is 40.9 Å². The third-order valence-electron chi connectivity index (χ3n) is 5.44. The molecule has 4 aromatic rings. The number of furan rings is 1. The first-order valence-electron chi connectivity index (χ1n) is 10.2. The first kappa shape index (κ1) is 18.8. The highest BCUT2D eigenvalue weighted by Gasteiger charge is 2.18. The van der Waals surface area contributed by atoms with E-state index >= 15 is 0 Å². The van der Waals surface area contributed by atoms with Crippen LogP contribution >= 0.6 is 0 Å². The highest BCUT2D eigenvalue weighted by atomic mass is 19.1. The molecule has 0 aliphatic carbocycles. The van der Waals surface area contributed by atoms with Gasteiger partial charge in [0.05, 0.1) is 12.0 Å². The van der Waals surface area contributed by atoms with Crippen LogP contribution < -0.4 is 5.32 Å². The molecule has 0 radical (unpaired) electrons. The lowest BCUT2D eigenvalue weighted by Gasteiger charge is -2.26. The average Bonchev–Trinajstić information content (AvgIpc) is 3.45. The summed E-state index contributed by atoms with van der Waals surface area (Å²) in [4.78, 5) is 2.43. The Bertz CT molecular complexity index is 1110. The van der Waals surface area contributed by atoms with Crippen LogP contribution in [0.25, 0.3) is 28.3 Å². The number of hydrogen-bond acceptors (Lipinski definition) is 4. The standard InChI is InChI=1S/C24H23FN4O/c25-21-4-1-3-19(15-21)18-6-8-22(9-7-18)29-17-20(16-28-12-10-26-11-13-28)24(27-29)23-5-2-14-30-23/h1-9,14-15,17,26H,10-13,16H2. The topological polar surface area (TPSA) is 46.2 Å². The number of hydrogen-bond donors (Lipinski definition) is 1. The van der Waals surface area contributed by atoms with E-state index < -0.39 is 0 Å². The zero-order chi connectivity index (χ0) is 20.3. The van der Waals surface area contributed by atoms with Crippen LogP contribution in [0.4, 0.5) is 4.39 Å². The molecule has 0 amide bonds. The minimum absolute atomic E-state index is 0.232. The van der Waals surface area contributed by atoms with Gasteiger partial charge in [-0.25, -0.2) is 9.07 Å². The molecule has 0 saturated carbocycles. The quantitative estimate of drug-likeness (QED) is 0.539. The molecule has 1 N–H and O–H groups in total. The summed E-state index contributed by atoms with van der Waals surface area (Å²) >= 11 is 0. The second-order valence-electron chi connectivity index (χ2n) is 7.51. The molecule has 0 unspecified atom stereocenters. The largest absolute Gasteiger partial charge is 0.463 e. The Morgan fingerprint density at radius 3 is 2.53 bits per heavy atom. The molecule has 0 bridgehead atoms. The van der Waals surface area contributed by atoms with Crippen LogP contribution in [0.3, 0.4) is 0 Å². The van der Waals surface area contributed by atoms with E-state index in [1.807, 2.05) is 47.1 Å². The Kier molecular flexibility index (Phi) is 5.17. The van der Waals surface area contributed by atoms with E-state index in [-0.39, 0.29) is 5.82 Å². The Labute approximate surface area is 174 Å². The normalized spacial score (nSPS) is 14.8. The number of piperazine rings is 1. The molecule has 0 spiro atoms. The summed E-state index contributed by atoms with van der Waals surface area (Å²) < 4.78 is 21.1. The van der Waals surface area contributed by atoms with Gasteiger partial charge in [0.15, 0.2) is 5.76 Å². The second kappa shape index (κ2) is 8.26. The van der Waals surface area contributed by atoms with Crippen molar-refractivity contribution in [1.82, 2.24) is 20.0 Å². The van der Waals surface area contributed by atoms with E-state index in [1.165, 1.54) is 6.07 Å². The van der Waals surface area contributed by atoms with Gasteiger partial charge in [0.25, 0.3) is 0 Å². The molecular weight excluding hydrogens is 379 g/mol. The van der Waals surface area contributed by atoms with Crippen molar-refractivity contribution in [2.45, 2.75) is 6.54 Å².